The van der Waals surface area contributed by atoms with Crippen LogP contribution in [0.2, 0.25) is 0 Å². The van der Waals surface area contributed by atoms with Crippen LogP contribution >= 0.6 is 0 Å². The fraction of sp³-hybridized carbons (Fsp3) is 0.276. The molecule has 1 aliphatic heterocycles. The Labute approximate surface area is 208 Å². The van der Waals surface area contributed by atoms with Crippen molar-refractivity contribution in [3.8, 4) is 16.9 Å². The minimum absolute atomic E-state index is 0.284. The van der Waals surface area contributed by atoms with Crippen LogP contribution in [0.15, 0.2) is 48.7 Å². The largest absolute Gasteiger partial charge is 0.493 e. The molecule has 0 radical (unpaired) electrons. The van der Waals surface area contributed by atoms with Crippen LogP contribution in [0.4, 0.5) is 0 Å². The van der Waals surface area contributed by atoms with Gasteiger partial charge in [-0.25, -0.2) is 4.79 Å². The van der Waals surface area contributed by atoms with Gasteiger partial charge in [0, 0.05) is 29.1 Å². The molecule has 0 fully saturated rings. The molecule has 2 heterocycles. The summed E-state index contributed by atoms with van der Waals surface area (Å²) in [6.07, 6.45) is 1.18. The fourth-order valence-corrected chi connectivity index (χ4v) is 5.21. The van der Waals surface area contributed by atoms with Crippen LogP contribution in [0.25, 0.3) is 32.8 Å². The minimum Gasteiger partial charge on any atom is -0.493 e. The summed E-state index contributed by atoms with van der Waals surface area (Å²) in [5.74, 6) is -1.03. The molecular formula is C29H28N2O5. The molecule has 3 N–H and O–H groups in total. The van der Waals surface area contributed by atoms with Crippen LogP contribution in [0.3, 0.4) is 0 Å². The van der Waals surface area contributed by atoms with Gasteiger partial charge in [0.25, 0.3) is 0 Å². The second-order valence-electron chi connectivity index (χ2n) is 10.1. The molecule has 0 saturated heterocycles. The van der Waals surface area contributed by atoms with Gasteiger partial charge in [0.05, 0.1) is 23.3 Å². The molecule has 4 aromatic rings. The molecule has 36 heavy (non-hydrogen) atoms. The Morgan fingerprint density at radius 3 is 2.50 bits per heavy atom. The summed E-state index contributed by atoms with van der Waals surface area (Å²) in [4.78, 5) is 30.1. The van der Waals surface area contributed by atoms with Gasteiger partial charge in [-0.2, -0.15) is 0 Å². The van der Waals surface area contributed by atoms with E-state index in [9.17, 15) is 14.7 Å². The van der Waals surface area contributed by atoms with E-state index >= 15 is 0 Å². The number of carboxylic acids is 1. The van der Waals surface area contributed by atoms with Gasteiger partial charge < -0.3 is 20.3 Å². The summed E-state index contributed by atoms with van der Waals surface area (Å²) < 4.78 is 12.0. The van der Waals surface area contributed by atoms with Crippen LogP contribution in [-0.4, -0.2) is 34.2 Å². The van der Waals surface area contributed by atoms with Crippen LogP contribution in [0.5, 0.6) is 5.75 Å². The number of ether oxygens (including phenoxy) is 2. The molecule has 0 aliphatic carbocycles. The van der Waals surface area contributed by atoms with Crippen LogP contribution in [0, 0.1) is 6.92 Å². The van der Waals surface area contributed by atoms with Gasteiger partial charge in [-0.3, -0.25) is 9.78 Å². The molecule has 0 saturated carbocycles. The van der Waals surface area contributed by atoms with Gasteiger partial charge in [-0.15, -0.1) is 0 Å². The maximum atomic E-state index is 12.7. The number of primary amides is 1. The lowest BCUT2D eigenvalue weighted by Crippen LogP contribution is -2.29. The lowest BCUT2D eigenvalue weighted by Gasteiger charge is -2.30. The third kappa shape index (κ3) is 3.85. The van der Waals surface area contributed by atoms with Crippen molar-refractivity contribution in [2.75, 3.05) is 6.61 Å². The van der Waals surface area contributed by atoms with Gasteiger partial charge in [-0.05, 0) is 73.4 Å². The fourth-order valence-electron chi connectivity index (χ4n) is 5.21. The first-order valence-electron chi connectivity index (χ1n) is 11.9. The average molecular weight is 485 g/mol. The molecule has 7 heteroatoms. The average Bonchev–Trinajstić information content (AvgIpc) is 2.82. The van der Waals surface area contributed by atoms with Gasteiger partial charge in [0.2, 0.25) is 5.91 Å². The normalized spacial score (nSPS) is 14.0. The van der Waals surface area contributed by atoms with E-state index in [2.05, 4.69) is 0 Å². The number of nitrogens with zero attached hydrogens (tertiary/aromatic N) is 1. The smallest absolute Gasteiger partial charge is 0.337 e. The molecule has 1 amide bonds. The van der Waals surface area contributed by atoms with Crippen LogP contribution in [0.1, 0.15) is 53.9 Å². The van der Waals surface area contributed by atoms with Crippen molar-refractivity contribution in [2.24, 2.45) is 5.73 Å². The van der Waals surface area contributed by atoms with Crippen molar-refractivity contribution in [2.45, 2.75) is 45.8 Å². The molecule has 0 bridgehead atoms. The number of pyridine rings is 1. The highest BCUT2D eigenvalue weighted by molar-refractivity contribution is 6.15. The highest BCUT2D eigenvalue weighted by Crippen LogP contribution is 2.46. The number of carbonyl (C=O) groups excluding carboxylic acids is 1. The second kappa shape index (κ2) is 8.60. The zero-order valence-electron chi connectivity index (χ0n) is 20.7. The molecule has 1 aliphatic rings. The Morgan fingerprint density at radius 2 is 1.83 bits per heavy atom. The summed E-state index contributed by atoms with van der Waals surface area (Å²) in [5, 5.41) is 12.6. The monoisotopic (exact) mass is 484 g/mol. The van der Waals surface area contributed by atoms with Crippen LogP contribution < -0.4 is 10.5 Å². The van der Waals surface area contributed by atoms with Gasteiger partial charge in [0.15, 0.2) is 6.10 Å². The summed E-state index contributed by atoms with van der Waals surface area (Å²) in [7, 11) is 0. The maximum Gasteiger partial charge on any atom is 0.337 e. The van der Waals surface area contributed by atoms with Crippen molar-refractivity contribution in [3.05, 3.63) is 70.9 Å². The zero-order chi connectivity index (χ0) is 25.8. The molecule has 0 spiro atoms. The molecule has 0 unspecified atom stereocenters. The third-order valence-corrected chi connectivity index (χ3v) is 6.56. The number of carboxylic acid groups (broad SMARTS) is 1. The third-order valence-electron chi connectivity index (χ3n) is 6.56. The predicted octanol–water partition coefficient (Wildman–Crippen LogP) is 5.34. The van der Waals surface area contributed by atoms with Crippen molar-refractivity contribution in [1.82, 2.24) is 4.98 Å². The molecule has 7 nitrogen and oxygen atoms in total. The van der Waals surface area contributed by atoms with Crippen molar-refractivity contribution >= 4 is 33.6 Å². The van der Waals surface area contributed by atoms with Gasteiger partial charge in [0.1, 0.15) is 5.75 Å². The Kier molecular flexibility index (Phi) is 5.68. The SMILES string of the molecule is Cc1c([C@@H](OC(C)(C)C)C(=O)O)c(-c2ccc3c4c(ccnc24)CCO3)c2ccccc2c1C(N)=O. The lowest BCUT2D eigenvalue weighted by atomic mass is 9.82. The number of hydrogen-bond acceptors (Lipinski definition) is 5. The molecule has 1 aromatic heterocycles. The zero-order valence-corrected chi connectivity index (χ0v) is 20.7. The number of fused-ring (bicyclic) bond motifs is 1. The number of aromatic nitrogens is 1. The highest BCUT2D eigenvalue weighted by atomic mass is 16.5. The summed E-state index contributed by atoms with van der Waals surface area (Å²) in [6.45, 7) is 7.72. The molecule has 184 valence electrons. The topological polar surface area (TPSA) is 112 Å². The number of carbonyl (C=O) groups is 2. The number of amides is 1. The highest BCUT2D eigenvalue weighted by Gasteiger charge is 2.34. The second-order valence-corrected chi connectivity index (χ2v) is 10.1. The maximum absolute atomic E-state index is 12.7. The van der Waals surface area contributed by atoms with Crippen molar-refractivity contribution in [3.63, 3.8) is 0 Å². The summed E-state index contributed by atoms with van der Waals surface area (Å²) in [5.41, 5.74) is 9.47. The standard InChI is InChI=1S/C29H28N2O5/c1-15-21(27(30)32)17-7-5-6-8-18(17)24(22(15)26(28(33)34)36-29(2,3)4)19-9-10-20-23-16(12-14-35-20)11-13-31-25(19)23/h5-11,13,26H,12,14H2,1-4H3,(H2,30,32)(H,33,34)/t26-/m1/s1. The van der Waals surface area contributed by atoms with Crippen molar-refractivity contribution < 1.29 is 24.2 Å². The Balaban J connectivity index is 1.98. The van der Waals surface area contributed by atoms with E-state index in [1.165, 1.54) is 0 Å². The van der Waals surface area contributed by atoms with E-state index in [0.29, 0.717) is 39.6 Å². The molecule has 1 atom stereocenters. The number of benzene rings is 3. The van der Waals surface area contributed by atoms with E-state index in [4.69, 9.17) is 20.2 Å². The minimum atomic E-state index is -1.34. The first-order valence-corrected chi connectivity index (χ1v) is 11.9. The summed E-state index contributed by atoms with van der Waals surface area (Å²) >= 11 is 0. The Hall–Kier alpha value is -3.97. The lowest BCUT2D eigenvalue weighted by molar-refractivity contribution is -0.160. The van der Waals surface area contributed by atoms with Gasteiger partial charge >= 0.3 is 5.97 Å². The Morgan fingerprint density at radius 1 is 1.11 bits per heavy atom. The van der Waals surface area contributed by atoms with E-state index in [0.717, 1.165) is 28.7 Å². The van der Waals surface area contributed by atoms with E-state index in [1.54, 1.807) is 33.9 Å². The van der Waals surface area contributed by atoms with Crippen LogP contribution in [-0.2, 0) is 16.0 Å². The van der Waals surface area contributed by atoms with E-state index in [-0.39, 0.29) is 5.56 Å². The first-order chi connectivity index (χ1) is 17.1. The molecular weight excluding hydrogens is 456 g/mol. The number of hydrogen-bond donors (Lipinski definition) is 2. The number of nitrogens with two attached hydrogens (primary N) is 1. The number of rotatable bonds is 5. The van der Waals surface area contributed by atoms with Gasteiger partial charge in [-0.1, -0.05) is 24.3 Å². The molecule has 5 rings (SSSR count). The summed E-state index contributed by atoms with van der Waals surface area (Å²) in [6, 6.07) is 13.2. The van der Waals surface area contributed by atoms with E-state index in [1.807, 2.05) is 42.5 Å². The molecule has 3 aromatic carbocycles. The predicted molar refractivity (Wildman–Crippen MR) is 138 cm³/mol. The first kappa shape index (κ1) is 23.8. The van der Waals surface area contributed by atoms with Crippen molar-refractivity contribution in [1.29, 1.82) is 0 Å². The number of aliphatic carboxylic acids is 1. The Bertz CT molecular complexity index is 1540. The van der Waals surface area contributed by atoms with E-state index < -0.39 is 23.6 Å². The quantitative estimate of drug-likeness (QED) is 0.396.